The summed E-state index contributed by atoms with van der Waals surface area (Å²) in [6, 6.07) is 6.42. The zero-order chi connectivity index (χ0) is 22.9. The third kappa shape index (κ3) is 4.40. The lowest BCUT2D eigenvalue weighted by Crippen LogP contribution is -2.33. The Labute approximate surface area is 181 Å². The summed E-state index contributed by atoms with van der Waals surface area (Å²) >= 11 is 0. The molecular weight excluding hydrogens is 428 g/mol. The lowest BCUT2D eigenvalue weighted by Gasteiger charge is -2.22. The molecule has 10 heteroatoms. The Balaban J connectivity index is 1.61. The van der Waals surface area contributed by atoms with Gasteiger partial charge in [-0.15, -0.1) is 0 Å². The molecule has 1 aliphatic rings. The largest absolute Gasteiger partial charge is 0.419 e. The van der Waals surface area contributed by atoms with Crippen LogP contribution >= 0.6 is 0 Å². The summed E-state index contributed by atoms with van der Waals surface area (Å²) in [6.07, 6.45) is -1.74. The molecule has 0 unspecified atom stereocenters. The van der Waals surface area contributed by atoms with Gasteiger partial charge >= 0.3 is 6.18 Å². The standard InChI is InChI=1S/C22H22F4N4O2/c1-13-5-6-17-20(29-16-4-2-3-15(19(16)23)22(24,25)26)27-12-18(30(13)17)21(31)28-11-14-7-9-32-10-8-14/h2-6,12,14H,7-11H2,1H3,(H,27,29)(H,28,31). The summed E-state index contributed by atoms with van der Waals surface area (Å²) in [4.78, 5) is 17.0. The number of carbonyl (C=O) groups is 1. The summed E-state index contributed by atoms with van der Waals surface area (Å²) < 4.78 is 60.5. The summed E-state index contributed by atoms with van der Waals surface area (Å²) in [7, 11) is 0. The molecule has 3 heterocycles. The Bertz CT molecular complexity index is 1140. The number of halogens is 4. The van der Waals surface area contributed by atoms with Crippen LogP contribution in [0.5, 0.6) is 0 Å². The van der Waals surface area contributed by atoms with Crippen LogP contribution < -0.4 is 10.6 Å². The number of alkyl halides is 3. The maximum absolute atomic E-state index is 14.5. The predicted molar refractivity (Wildman–Crippen MR) is 110 cm³/mol. The minimum Gasteiger partial charge on any atom is -0.381 e. The molecule has 32 heavy (non-hydrogen) atoms. The monoisotopic (exact) mass is 450 g/mol. The van der Waals surface area contributed by atoms with Crippen LogP contribution in [0.25, 0.3) is 5.52 Å². The Morgan fingerprint density at radius 2 is 1.97 bits per heavy atom. The van der Waals surface area contributed by atoms with Crippen molar-refractivity contribution in [1.82, 2.24) is 14.7 Å². The van der Waals surface area contributed by atoms with E-state index >= 15 is 0 Å². The number of fused-ring (bicyclic) bond motifs is 1. The quantitative estimate of drug-likeness (QED) is 0.553. The van der Waals surface area contributed by atoms with Crippen LogP contribution in [-0.4, -0.2) is 35.1 Å². The highest BCUT2D eigenvalue weighted by molar-refractivity contribution is 5.94. The third-order valence-electron chi connectivity index (χ3n) is 5.56. The number of carbonyl (C=O) groups excluding carboxylic acids is 1. The molecule has 4 rings (SSSR count). The second-order valence-corrected chi connectivity index (χ2v) is 7.74. The van der Waals surface area contributed by atoms with Crippen LogP contribution in [0, 0.1) is 18.7 Å². The number of aryl methyl sites for hydroxylation is 1. The number of hydrogen-bond donors (Lipinski definition) is 2. The van der Waals surface area contributed by atoms with E-state index in [-0.39, 0.29) is 23.1 Å². The lowest BCUT2D eigenvalue weighted by atomic mass is 10.0. The highest BCUT2D eigenvalue weighted by Gasteiger charge is 2.35. The van der Waals surface area contributed by atoms with E-state index in [1.54, 1.807) is 23.5 Å². The Hall–Kier alpha value is -3.14. The lowest BCUT2D eigenvalue weighted by molar-refractivity contribution is -0.139. The Morgan fingerprint density at radius 1 is 1.22 bits per heavy atom. The fourth-order valence-corrected chi connectivity index (χ4v) is 3.80. The summed E-state index contributed by atoms with van der Waals surface area (Å²) in [6.45, 7) is 3.65. The molecular formula is C22H22F4N4O2. The van der Waals surface area contributed by atoms with Gasteiger partial charge < -0.3 is 19.8 Å². The van der Waals surface area contributed by atoms with Gasteiger partial charge in [-0.1, -0.05) is 6.07 Å². The molecule has 0 atom stereocenters. The third-order valence-corrected chi connectivity index (χ3v) is 5.56. The molecule has 1 fully saturated rings. The Morgan fingerprint density at radius 3 is 2.69 bits per heavy atom. The van der Waals surface area contributed by atoms with E-state index in [2.05, 4.69) is 15.6 Å². The van der Waals surface area contributed by atoms with E-state index in [0.29, 0.717) is 37.3 Å². The predicted octanol–water partition coefficient (Wildman–Crippen LogP) is 4.70. The average molecular weight is 450 g/mol. The van der Waals surface area contributed by atoms with Gasteiger partial charge in [0.25, 0.3) is 5.91 Å². The highest BCUT2D eigenvalue weighted by Crippen LogP contribution is 2.35. The van der Waals surface area contributed by atoms with Crippen molar-refractivity contribution in [1.29, 1.82) is 0 Å². The molecule has 0 bridgehead atoms. The molecule has 2 N–H and O–H groups in total. The van der Waals surface area contributed by atoms with E-state index in [0.717, 1.165) is 24.6 Å². The van der Waals surface area contributed by atoms with Crippen LogP contribution in [0.3, 0.4) is 0 Å². The maximum atomic E-state index is 14.5. The topological polar surface area (TPSA) is 67.7 Å². The molecule has 0 aliphatic carbocycles. The van der Waals surface area contributed by atoms with Gasteiger partial charge in [0.15, 0.2) is 11.6 Å². The number of aromatic nitrogens is 2. The van der Waals surface area contributed by atoms with Gasteiger partial charge in [0.1, 0.15) is 5.69 Å². The minimum atomic E-state index is -4.82. The first-order valence-corrected chi connectivity index (χ1v) is 10.2. The summed E-state index contributed by atoms with van der Waals surface area (Å²) in [5.41, 5.74) is -0.271. The van der Waals surface area contributed by atoms with Gasteiger partial charge in [-0.25, -0.2) is 9.37 Å². The van der Waals surface area contributed by atoms with Gasteiger partial charge in [0.2, 0.25) is 0 Å². The molecule has 1 saturated heterocycles. The molecule has 0 radical (unpaired) electrons. The number of ether oxygens (including phenoxy) is 1. The van der Waals surface area contributed by atoms with Gasteiger partial charge in [0.05, 0.1) is 23.0 Å². The molecule has 0 saturated carbocycles. The van der Waals surface area contributed by atoms with E-state index < -0.39 is 17.6 Å². The zero-order valence-electron chi connectivity index (χ0n) is 17.3. The molecule has 1 aliphatic heterocycles. The van der Waals surface area contributed by atoms with E-state index in [1.165, 1.54) is 12.3 Å². The fourth-order valence-electron chi connectivity index (χ4n) is 3.80. The first kappa shape index (κ1) is 22.1. The number of nitrogens with one attached hydrogen (secondary N) is 2. The first-order chi connectivity index (χ1) is 15.3. The van der Waals surface area contributed by atoms with E-state index in [4.69, 9.17) is 4.74 Å². The number of amides is 1. The number of benzene rings is 1. The molecule has 3 aromatic rings. The Kier molecular flexibility index (Phi) is 6.05. The maximum Gasteiger partial charge on any atom is 0.419 e. The molecule has 2 aromatic heterocycles. The van der Waals surface area contributed by atoms with E-state index in [9.17, 15) is 22.4 Å². The molecule has 1 amide bonds. The van der Waals surface area contributed by atoms with Crippen molar-refractivity contribution in [3.05, 3.63) is 59.3 Å². The smallest absolute Gasteiger partial charge is 0.381 e. The van der Waals surface area contributed by atoms with Crippen LogP contribution in [0.4, 0.5) is 29.1 Å². The van der Waals surface area contributed by atoms with Gasteiger partial charge in [0, 0.05) is 25.5 Å². The molecule has 1 aromatic carbocycles. The fraction of sp³-hybridized carbons (Fsp3) is 0.364. The second-order valence-electron chi connectivity index (χ2n) is 7.74. The summed E-state index contributed by atoms with van der Waals surface area (Å²) in [5.74, 6) is -1.25. The van der Waals surface area contributed by atoms with Crippen LogP contribution in [0.15, 0.2) is 36.5 Å². The molecule has 6 nitrogen and oxygen atoms in total. The van der Waals surface area contributed by atoms with Crippen molar-refractivity contribution < 1.29 is 27.1 Å². The minimum absolute atomic E-state index is 0.136. The van der Waals surface area contributed by atoms with Crippen molar-refractivity contribution in [2.45, 2.75) is 25.9 Å². The van der Waals surface area contributed by atoms with Crippen molar-refractivity contribution in [3.8, 4) is 0 Å². The average Bonchev–Trinajstić information content (AvgIpc) is 3.16. The van der Waals surface area contributed by atoms with Gasteiger partial charge in [-0.3, -0.25) is 4.79 Å². The van der Waals surface area contributed by atoms with E-state index in [1.807, 2.05) is 0 Å². The molecule has 170 valence electrons. The second kappa shape index (κ2) is 8.78. The molecule has 0 spiro atoms. The number of nitrogens with zero attached hydrogens (tertiary/aromatic N) is 2. The van der Waals surface area contributed by atoms with Crippen molar-refractivity contribution in [2.24, 2.45) is 5.92 Å². The number of hydrogen-bond acceptors (Lipinski definition) is 4. The number of anilines is 2. The number of rotatable bonds is 5. The first-order valence-electron chi connectivity index (χ1n) is 10.2. The highest BCUT2D eigenvalue weighted by atomic mass is 19.4. The van der Waals surface area contributed by atoms with Crippen molar-refractivity contribution >= 4 is 22.9 Å². The van der Waals surface area contributed by atoms with Crippen LogP contribution in [0.1, 0.15) is 34.6 Å². The normalized spacial score (nSPS) is 15.2. The zero-order valence-corrected chi connectivity index (χ0v) is 17.3. The van der Waals surface area contributed by atoms with Crippen molar-refractivity contribution in [3.63, 3.8) is 0 Å². The van der Waals surface area contributed by atoms with Gasteiger partial charge in [-0.05, 0) is 49.9 Å². The SMILES string of the molecule is Cc1ccc2c(Nc3cccc(C(F)(F)F)c3F)ncc(C(=O)NCC3CCOCC3)n12. The van der Waals surface area contributed by atoms with Crippen LogP contribution in [0.2, 0.25) is 0 Å². The summed E-state index contributed by atoms with van der Waals surface area (Å²) in [5, 5.41) is 5.56. The van der Waals surface area contributed by atoms with Crippen LogP contribution in [-0.2, 0) is 10.9 Å². The van der Waals surface area contributed by atoms with Crippen molar-refractivity contribution in [2.75, 3.05) is 25.1 Å². The van der Waals surface area contributed by atoms with Gasteiger partial charge in [-0.2, -0.15) is 13.2 Å².